The van der Waals surface area contributed by atoms with E-state index in [1.807, 2.05) is 0 Å². The Morgan fingerprint density at radius 3 is 2.65 bits per heavy atom. The molecule has 204 valence electrons. The summed E-state index contributed by atoms with van der Waals surface area (Å²) in [6, 6.07) is -1.15. The second kappa shape index (κ2) is 9.83. The largest absolute Gasteiger partial charge is 0.490 e. The number of phosphoric ester groups is 1. The van der Waals surface area contributed by atoms with Gasteiger partial charge in [-0.3, -0.25) is 9.09 Å². The van der Waals surface area contributed by atoms with Crippen LogP contribution in [0.2, 0.25) is 0 Å². The van der Waals surface area contributed by atoms with Gasteiger partial charge in [0.1, 0.15) is 17.7 Å². The first-order valence-corrected chi connectivity index (χ1v) is 14.5. The first-order valence-electron chi connectivity index (χ1n) is 9.94. The van der Waals surface area contributed by atoms with Crippen LogP contribution in [0.5, 0.6) is 5.88 Å². The van der Waals surface area contributed by atoms with E-state index in [9.17, 15) is 23.5 Å². The molecule has 0 aliphatic carbocycles. The van der Waals surface area contributed by atoms with E-state index in [0.717, 1.165) is 0 Å². The molecule has 4 rings (SSSR count). The fourth-order valence-electron chi connectivity index (χ4n) is 3.79. The lowest BCUT2D eigenvalue weighted by atomic mass is 9.98. The molecule has 3 unspecified atom stereocenters. The lowest BCUT2D eigenvalue weighted by molar-refractivity contribution is -0.181. The Kier molecular flexibility index (Phi) is 7.39. The van der Waals surface area contributed by atoms with Gasteiger partial charge in [-0.25, -0.2) is 18.7 Å². The number of phosphoric acid groups is 3. The number of nitrogens with zero attached hydrogens (tertiary/aromatic N) is 7. The molecule has 6 atom stereocenters. The normalized spacial score (nSPS) is 28.5. The third-order valence-corrected chi connectivity index (χ3v) is 8.82. The van der Waals surface area contributed by atoms with Crippen LogP contribution < -0.4 is 10.5 Å². The molecule has 2 saturated heterocycles. The number of azide groups is 1. The molecule has 0 radical (unpaired) electrons. The van der Waals surface area contributed by atoms with E-state index in [-0.39, 0.29) is 36.2 Å². The van der Waals surface area contributed by atoms with Crippen LogP contribution >= 0.6 is 23.5 Å². The minimum atomic E-state index is -5.74. The maximum Gasteiger partial charge on any atom is 0.490 e. The van der Waals surface area contributed by atoms with E-state index >= 15 is 0 Å². The van der Waals surface area contributed by atoms with Gasteiger partial charge < -0.3 is 39.5 Å². The zero-order valence-corrected chi connectivity index (χ0v) is 21.1. The van der Waals surface area contributed by atoms with Crippen molar-refractivity contribution in [3.05, 3.63) is 16.8 Å². The summed E-state index contributed by atoms with van der Waals surface area (Å²) in [6.45, 7) is 0.759. The van der Waals surface area contributed by atoms with Crippen LogP contribution in [0.4, 0.5) is 5.95 Å². The molecule has 0 saturated carbocycles. The third-order valence-electron chi connectivity index (χ3n) is 5.03. The van der Waals surface area contributed by atoms with Crippen LogP contribution in [-0.4, -0.2) is 76.7 Å². The standard InChI is InChI=1S/C13H19N8O13P3/c1-2-29-10-6-9(17-12(14)18-10)21(5-16-6)11-7-8(19-20-15)13(32-11,3-30-7)4-31-36(25,26)34-37(27,28)33-35(22,23)24/h5,7-8,11H,2-4H2,1H3,(H,25,26)(H,27,28)(H2,14,17,18)(H2,22,23,24)/t7-,8?,11-,13-/m1/s1. The fraction of sp³-hybridized carbons (Fsp3) is 0.615. The molecule has 2 aromatic rings. The summed E-state index contributed by atoms with van der Waals surface area (Å²) in [5.74, 6) is -0.0439. The van der Waals surface area contributed by atoms with Crippen LogP contribution in [0.3, 0.4) is 0 Å². The number of rotatable bonds is 11. The van der Waals surface area contributed by atoms with Gasteiger partial charge in [0, 0.05) is 4.91 Å². The molecule has 2 aliphatic rings. The second-order valence-corrected chi connectivity index (χ2v) is 11.9. The van der Waals surface area contributed by atoms with Crippen molar-refractivity contribution in [1.82, 2.24) is 19.5 Å². The number of fused-ring (bicyclic) bond motifs is 3. The monoisotopic (exact) mass is 588 g/mol. The topological polar surface area (TPSA) is 306 Å². The van der Waals surface area contributed by atoms with Crippen molar-refractivity contribution in [1.29, 1.82) is 0 Å². The Balaban J connectivity index is 1.60. The van der Waals surface area contributed by atoms with Gasteiger partial charge in [0.15, 0.2) is 17.4 Å². The molecule has 0 aromatic carbocycles. The molecule has 2 aromatic heterocycles. The Labute approximate surface area is 205 Å². The van der Waals surface area contributed by atoms with Crippen molar-refractivity contribution in [3.8, 4) is 5.88 Å². The number of nitrogen functional groups attached to an aromatic ring is 1. The molecule has 4 heterocycles. The van der Waals surface area contributed by atoms with Gasteiger partial charge in [0.05, 0.1) is 26.1 Å². The molecular formula is C13H19N8O13P3. The van der Waals surface area contributed by atoms with Crippen molar-refractivity contribution in [2.75, 3.05) is 25.6 Å². The molecule has 0 amide bonds. The van der Waals surface area contributed by atoms with Crippen LogP contribution in [-0.2, 0) is 36.3 Å². The second-order valence-electron chi connectivity index (χ2n) is 7.51. The molecule has 37 heavy (non-hydrogen) atoms. The lowest BCUT2D eigenvalue weighted by Gasteiger charge is -2.31. The highest BCUT2D eigenvalue weighted by Gasteiger charge is 2.63. The van der Waals surface area contributed by atoms with Gasteiger partial charge in [0.2, 0.25) is 11.8 Å². The van der Waals surface area contributed by atoms with Crippen molar-refractivity contribution in [2.24, 2.45) is 5.11 Å². The highest BCUT2D eigenvalue weighted by Crippen LogP contribution is 2.66. The first-order chi connectivity index (χ1) is 17.2. The maximum atomic E-state index is 12.2. The average molecular weight is 588 g/mol. The van der Waals surface area contributed by atoms with Gasteiger partial charge >= 0.3 is 23.5 Å². The van der Waals surface area contributed by atoms with Crippen LogP contribution in [0, 0.1) is 0 Å². The van der Waals surface area contributed by atoms with Crippen molar-refractivity contribution >= 4 is 40.6 Å². The molecule has 2 bridgehead atoms. The van der Waals surface area contributed by atoms with Gasteiger partial charge in [-0.2, -0.15) is 18.6 Å². The molecule has 24 heteroatoms. The minimum Gasteiger partial charge on any atom is -0.476 e. The third kappa shape index (κ3) is 5.79. The van der Waals surface area contributed by atoms with Crippen LogP contribution in [0.1, 0.15) is 13.2 Å². The molecule has 2 aliphatic heterocycles. The first kappa shape index (κ1) is 27.8. The van der Waals surface area contributed by atoms with E-state index in [4.69, 9.17) is 39.8 Å². The van der Waals surface area contributed by atoms with Gasteiger partial charge in [-0.05, 0) is 12.5 Å². The predicted octanol–water partition coefficient (Wildman–Crippen LogP) is 0.496. The predicted molar refractivity (Wildman–Crippen MR) is 116 cm³/mol. The molecule has 2 fully saturated rings. The number of hydrogen-bond acceptors (Lipinski definition) is 14. The van der Waals surface area contributed by atoms with Crippen molar-refractivity contribution < 1.29 is 60.6 Å². The SMILES string of the molecule is CCOc1nc(N)nc2c1ncn2[C@@H]1O[C@@]2(COP(=O)(O)OP(=O)(O)OP(=O)(O)O)CO[C@@H]1C2N=[N+]=[N-]. The molecule has 0 spiro atoms. The fourth-order valence-corrected chi connectivity index (χ4v) is 6.87. The Bertz CT molecular complexity index is 1390. The molecular weight excluding hydrogens is 569 g/mol. The number of anilines is 1. The lowest BCUT2D eigenvalue weighted by Crippen LogP contribution is -2.44. The van der Waals surface area contributed by atoms with E-state index in [2.05, 4.69) is 33.6 Å². The van der Waals surface area contributed by atoms with E-state index < -0.39 is 54.0 Å². The van der Waals surface area contributed by atoms with Gasteiger partial charge in [0.25, 0.3) is 0 Å². The number of hydrogen-bond donors (Lipinski definition) is 5. The number of nitrogens with two attached hydrogens (primary N) is 1. The highest BCUT2D eigenvalue weighted by atomic mass is 31.3. The summed E-state index contributed by atoms with van der Waals surface area (Å²) in [5.41, 5.74) is 13.5. The van der Waals surface area contributed by atoms with Gasteiger partial charge in [-0.15, -0.1) is 0 Å². The summed E-state index contributed by atoms with van der Waals surface area (Å²) in [7, 11) is -16.8. The highest BCUT2D eigenvalue weighted by molar-refractivity contribution is 7.66. The smallest absolute Gasteiger partial charge is 0.476 e. The zero-order valence-electron chi connectivity index (χ0n) is 18.4. The minimum absolute atomic E-state index is 0.0989. The molecule has 21 nitrogen and oxygen atoms in total. The van der Waals surface area contributed by atoms with Crippen molar-refractivity contribution in [3.63, 3.8) is 0 Å². The van der Waals surface area contributed by atoms with E-state index in [1.165, 1.54) is 10.9 Å². The van der Waals surface area contributed by atoms with E-state index in [1.54, 1.807) is 6.92 Å². The number of imidazole rings is 1. The maximum absolute atomic E-state index is 12.2. The summed E-state index contributed by atoms with van der Waals surface area (Å²) in [4.78, 5) is 51.5. The Morgan fingerprint density at radius 1 is 1.27 bits per heavy atom. The van der Waals surface area contributed by atoms with Crippen molar-refractivity contribution in [2.45, 2.75) is 30.9 Å². The number of aromatic nitrogens is 4. The quantitative estimate of drug-likeness (QED) is 0.103. The Hall–Kier alpha value is -2.21. The summed E-state index contributed by atoms with van der Waals surface area (Å²) < 4.78 is 65.2. The average Bonchev–Trinajstić information content (AvgIpc) is 3.40. The summed E-state index contributed by atoms with van der Waals surface area (Å²) in [5, 5.41) is 3.64. The Morgan fingerprint density at radius 2 is 2.00 bits per heavy atom. The van der Waals surface area contributed by atoms with E-state index in [0.29, 0.717) is 0 Å². The number of ether oxygens (including phenoxy) is 3. The zero-order chi connectivity index (χ0) is 27.2. The summed E-state index contributed by atoms with van der Waals surface area (Å²) in [6.07, 6.45) is -0.758. The molecule has 6 N–H and O–H groups in total. The summed E-state index contributed by atoms with van der Waals surface area (Å²) >= 11 is 0. The van der Waals surface area contributed by atoms with Gasteiger partial charge in [-0.1, -0.05) is 5.11 Å². The van der Waals surface area contributed by atoms with Crippen LogP contribution in [0.25, 0.3) is 21.6 Å². The van der Waals surface area contributed by atoms with Crippen LogP contribution in [0.15, 0.2) is 11.4 Å².